The van der Waals surface area contributed by atoms with Crippen molar-refractivity contribution in [1.82, 2.24) is 19.0 Å². The van der Waals surface area contributed by atoms with Gasteiger partial charge in [-0.15, -0.1) is 0 Å². The lowest BCUT2D eigenvalue weighted by Crippen LogP contribution is -2.54. The Labute approximate surface area is 253 Å². The van der Waals surface area contributed by atoms with Gasteiger partial charge in [0.25, 0.3) is 11.1 Å². The minimum absolute atomic E-state index is 0.0482. The van der Waals surface area contributed by atoms with Crippen LogP contribution in [0.25, 0.3) is 22.3 Å². The molecule has 228 valence electrons. The lowest BCUT2D eigenvalue weighted by Gasteiger charge is -2.42. The molecule has 1 aromatic carbocycles. The molecule has 0 spiro atoms. The van der Waals surface area contributed by atoms with Gasteiger partial charge in [0.2, 0.25) is 5.91 Å². The van der Waals surface area contributed by atoms with Crippen LogP contribution in [0, 0.1) is 19.7 Å². The van der Waals surface area contributed by atoms with E-state index in [0.717, 1.165) is 10.1 Å². The number of rotatable bonds is 4. The molecular formula is C33H35FN6O4. The number of anilines is 2. The van der Waals surface area contributed by atoms with Gasteiger partial charge in [0.1, 0.15) is 22.6 Å². The standard InChI is InChI=1S/C33H35FN6O4/c1-6-25(42)37-14-15-38-21(17-37)11-13-36-27-29(38)22-16-20(5)39(31-23(34)8-7-9-24(31)41)33(44)30(22)40(32(27)43)28-19(4)10-12-35-26(28)18(2)3/h6-10,12,16,18,21,36,41H,1,11,13-15,17H2,2-5H3. The average molecular weight is 599 g/mol. The molecule has 3 aromatic heterocycles. The highest BCUT2D eigenvalue weighted by Crippen LogP contribution is 2.39. The maximum atomic E-state index is 15.3. The van der Waals surface area contributed by atoms with Crippen molar-refractivity contribution in [1.29, 1.82) is 0 Å². The number of nitrogens with one attached hydrogen (secondary N) is 1. The third kappa shape index (κ3) is 4.45. The number of hydrogen-bond acceptors (Lipinski definition) is 7. The molecule has 11 heteroatoms. The number of piperazine rings is 1. The fourth-order valence-corrected chi connectivity index (χ4v) is 6.62. The number of nitrogens with zero attached hydrogens (tertiary/aromatic N) is 5. The van der Waals surface area contributed by atoms with Crippen molar-refractivity contribution >= 4 is 28.2 Å². The number of aromatic nitrogens is 3. The smallest absolute Gasteiger partial charge is 0.281 e. The Balaban J connectivity index is 1.76. The van der Waals surface area contributed by atoms with E-state index in [9.17, 15) is 19.5 Å². The van der Waals surface area contributed by atoms with E-state index in [4.69, 9.17) is 0 Å². The highest BCUT2D eigenvalue weighted by atomic mass is 19.1. The molecule has 5 heterocycles. The number of fused-ring (bicyclic) bond motifs is 5. The average Bonchev–Trinajstić information content (AvgIpc) is 3.18. The highest BCUT2D eigenvalue weighted by molar-refractivity contribution is 6.00. The number of phenols is 1. The minimum atomic E-state index is -0.775. The SMILES string of the molecule is C=CC(=O)N1CCN2c3c(c(=O)n(-c4c(C)ccnc4C(C)C)c4c(=O)n(-c5c(O)cccc5F)c(C)cc34)NCCC2C1. The topological polar surface area (TPSA) is 113 Å². The number of pyridine rings is 3. The molecule has 1 atom stereocenters. The molecule has 4 aromatic rings. The van der Waals surface area contributed by atoms with E-state index in [0.29, 0.717) is 66.4 Å². The molecule has 0 aliphatic carbocycles. The lowest BCUT2D eigenvalue weighted by atomic mass is 10.0. The van der Waals surface area contributed by atoms with Crippen molar-refractivity contribution in [3.63, 3.8) is 0 Å². The van der Waals surface area contributed by atoms with Crippen molar-refractivity contribution < 1.29 is 14.3 Å². The van der Waals surface area contributed by atoms with Gasteiger partial charge in [0.05, 0.1) is 17.1 Å². The second kappa shape index (κ2) is 11.0. The maximum Gasteiger partial charge on any atom is 0.281 e. The van der Waals surface area contributed by atoms with Crippen LogP contribution in [0.15, 0.2) is 58.8 Å². The van der Waals surface area contributed by atoms with Crippen LogP contribution in [0.2, 0.25) is 0 Å². The second-order valence-electron chi connectivity index (χ2n) is 11.7. The predicted octanol–water partition coefficient (Wildman–Crippen LogP) is 4.14. The molecule has 1 saturated heterocycles. The fraction of sp³-hybridized carbons (Fsp3) is 0.333. The van der Waals surface area contributed by atoms with E-state index in [1.807, 2.05) is 20.8 Å². The number of amides is 1. The Kier molecular flexibility index (Phi) is 7.27. The minimum Gasteiger partial charge on any atom is -0.506 e. The van der Waals surface area contributed by atoms with Gasteiger partial charge in [-0.1, -0.05) is 26.5 Å². The summed E-state index contributed by atoms with van der Waals surface area (Å²) in [6.07, 6.45) is 3.63. The number of phenolic OH excluding ortho intramolecular Hbond substituents is 1. The zero-order chi connectivity index (χ0) is 31.4. The molecule has 0 saturated carbocycles. The largest absolute Gasteiger partial charge is 0.506 e. The molecule has 1 amide bonds. The van der Waals surface area contributed by atoms with Gasteiger partial charge in [-0.05, 0) is 62.1 Å². The lowest BCUT2D eigenvalue weighted by molar-refractivity contribution is -0.126. The Morgan fingerprint density at radius 2 is 1.89 bits per heavy atom. The van der Waals surface area contributed by atoms with Crippen molar-refractivity contribution in [2.24, 2.45) is 0 Å². The third-order valence-electron chi connectivity index (χ3n) is 8.65. The zero-order valence-electron chi connectivity index (χ0n) is 25.2. The molecule has 44 heavy (non-hydrogen) atoms. The van der Waals surface area contributed by atoms with Crippen LogP contribution in [0.3, 0.4) is 0 Å². The molecular weight excluding hydrogens is 563 g/mol. The Morgan fingerprint density at radius 1 is 1.11 bits per heavy atom. The maximum absolute atomic E-state index is 15.3. The van der Waals surface area contributed by atoms with Crippen LogP contribution in [-0.2, 0) is 4.79 Å². The number of hydrogen-bond donors (Lipinski definition) is 2. The number of carbonyl (C=O) groups is 1. The molecule has 1 unspecified atom stereocenters. The van der Waals surface area contributed by atoms with Crippen molar-refractivity contribution in [3.8, 4) is 17.1 Å². The van der Waals surface area contributed by atoms with Crippen LogP contribution in [0.5, 0.6) is 5.75 Å². The summed E-state index contributed by atoms with van der Waals surface area (Å²) < 4.78 is 17.8. The number of para-hydroxylation sites is 1. The first-order valence-electron chi connectivity index (χ1n) is 14.8. The summed E-state index contributed by atoms with van der Waals surface area (Å²) in [5.41, 5.74) is 1.86. The van der Waals surface area contributed by atoms with E-state index < -0.39 is 22.7 Å². The number of halogens is 1. The molecule has 2 aliphatic rings. The van der Waals surface area contributed by atoms with Crippen LogP contribution in [0.1, 0.15) is 43.1 Å². The summed E-state index contributed by atoms with van der Waals surface area (Å²) >= 11 is 0. The summed E-state index contributed by atoms with van der Waals surface area (Å²) in [6, 6.07) is 7.30. The van der Waals surface area contributed by atoms with E-state index in [1.54, 1.807) is 30.2 Å². The van der Waals surface area contributed by atoms with Crippen LogP contribution >= 0.6 is 0 Å². The van der Waals surface area contributed by atoms with E-state index in [1.165, 1.54) is 28.8 Å². The van der Waals surface area contributed by atoms with Crippen LogP contribution < -0.4 is 21.3 Å². The van der Waals surface area contributed by atoms with Gasteiger partial charge >= 0.3 is 0 Å². The quantitative estimate of drug-likeness (QED) is 0.340. The predicted molar refractivity (Wildman–Crippen MR) is 169 cm³/mol. The van der Waals surface area contributed by atoms with E-state index in [-0.39, 0.29) is 29.1 Å². The van der Waals surface area contributed by atoms with Gasteiger partial charge in [-0.2, -0.15) is 0 Å². The Hall–Kier alpha value is -4.93. The summed E-state index contributed by atoms with van der Waals surface area (Å²) in [4.78, 5) is 50.4. The zero-order valence-corrected chi connectivity index (χ0v) is 25.2. The molecule has 0 bridgehead atoms. The van der Waals surface area contributed by atoms with Gasteiger partial charge < -0.3 is 20.2 Å². The summed E-state index contributed by atoms with van der Waals surface area (Å²) in [7, 11) is 0. The van der Waals surface area contributed by atoms with Crippen molar-refractivity contribution in [2.45, 2.75) is 46.1 Å². The first kappa shape index (κ1) is 29.2. The number of aryl methyl sites for hydroxylation is 2. The van der Waals surface area contributed by atoms with E-state index >= 15 is 4.39 Å². The van der Waals surface area contributed by atoms with Gasteiger partial charge in [0.15, 0.2) is 5.82 Å². The summed E-state index contributed by atoms with van der Waals surface area (Å²) in [6.45, 7) is 12.9. The highest BCUT2D eigenvalue weighted by Gasteiger charge is 2.36. The molecule has 2 aliphatic heterocycles. The van der Waals surface area contributed by atoms with Crippen molar-refractivity contribution in [2.75, 3.05) is 36.4 Å². The fourth-order valence-electron chi connectivity index (χ4n) is 6.62. The number of benzene rings is 1. The summed E-state index contributed by atoms with van der Waals surface area (Å²) in [5, 5.41) is 14.6. The van der Waals surface area contributed by atoms with Gasteiger partial charge in [-0.3, -0.25) is 28.5 Å². The van der Waals surface area contributed by atoms with Crippen LogP contribution in [0.4, 0.5) is 15.8 Å². The number of aromatic hydroxyl groups is 1. The molecule has 2 N–H and O–H groups in total. The summed E-state index contributed by atoms with van der Waals surface area (Å²) in [5.74, 6) is -1.41. The normalized spacial score (nSPS) is 16.4. The van der Waals surface area contributed by atoms with Gasteiger partial charge in [-0.25, -0.2) is 4.39 Å². The first-order chi connectivity index (χ1) is 21.0. The van der Waals surface area contributed by atoms with Gasteiger partial charge in [0, 0.05) is 49.5 Å². The van der Waals surface area contributed by atoms with Crippen molar-refractivity contribution in [3.05, 3.63) is 92.7 Å². The Bertz CT molecular complexity index is 1940. The molecule has 10 nitrogen and oxygen atoms in total. The third-order valence-corrected chi connectivity index (χ3v) is 8.65. The molecule has 6 rings (SSSR count). The number of carbonyl (C=O) groups excluding carboxylic acids is 1. The molecule has 1 fully saturated rings. The molecule has 0 radical (unpaired) electrons. The first-order valence-corrected chi connectivity index (χ1v) is 14.8. The monoisotopic (exact) mass is 598 g/mol. The van der Waals surface area contributed by atoms with E-state index in [2.05, 4.69) is 21.8 Å². The second-order valence-corrected chi connectivity index (χ2v) is 11.7. The van der Waals surface area contributed by atoms with Crippen LogP contribution in [-0.4, -0.2) is 62.3 Å². The Morgan fingerprint density at radius 3 is 2.59 bits per heavy atom.